The molecule has 7 heteroatoms. The van der Waals surface area contributed by atoms with Gasteiger partial charge in [-0.2, -0.15) is 9.61 Å². The van der Waals surface area contributed by atoms with Crippen molar-refractivity contribution in [3.8, 4) is 0 Å². The Bertz CT molecular complexity index is 1000. The maximum atomic E-state index is 5.03. The first-order valence-corrected chi connectivity index (χ1v) is 11.9. The number of nitrogens with zero attached hydrogens (tertiary/aromatic N) is 5. The van der Waals surface area contributed by atoms with Gasteiger partial charge in [0.25, 0.3) is 0 Å². The zero-order valence-corrected chi connectivity index (χ0v) is 19.1. The number of likely N-dealkylation sites (tertiary alicyclic amines) is 1. The minimum atomic E-state index is 0.470. The first kappa shape index (κ1) is 19.9. The first-order chi connectivity index (χ1) is 14.7. The maximum absolute atomic E-state index is 5.03. The van der Waals surface area contributed by atoms with Gasteiger partial charge in [0.15, 0.2) is 5.65 Å². The van der Waals surface area contributed by atoms with E-state index >= 15 is 0 Å². The number of pyridine rings is 1. The van der Waals surface area contributed by atoms with Crippen molar-refractivity contribution in [1.82, 2.24) is 24.5 Å². The van der Waals surface area contributed by atoms with Crippen molar-refractivity contribution in [2.24, 2.45) is 5.92 Å². The number of anilines is 1. The van der Waals surface area contributed by atoms with Crippen molar-refractivity contribution in [3.05, 3.63) is 52.5 Å². The molecule has 3 atom stereocenters. The Morgan fingerprint density at radius 2 is 2.13 bits per heavy atom. The number of piperidine rings is 1. The molecule has 0 bridgehead atoms. The SMILES string of the molecule is CC1CCCC1N1CCCC(c2cc(NCc3cccnc3)n3ncc(Br)c3n2)C1. The lowest BCUT2D eigenvalue weighted by Crippen LogP contribution is -2.43. The van der Waals surface area contributed by atoms with E-state index in [-0.39, 0.29) is 0 Å². The van der Waals surface area contributed by atoms with Crippen LogP contribution in [0.4, 0.5) is 5.82 Å². The molecule has 0 spiro atoms. The van der Waals surface area contributed by atoms with E-state index in [4.69, 9.17) is 4.98 Å². The molecule has 3 aromatic rings. The van der Waals surface area contributed by atoms with Gasteiger partial charge in [-0.15, -0.1) is 0 Å². The van der Waals surface area contributed by atoms with Crippen LogP contribution in [-0.2, 0) is 6.54 Å². The molecule has 3 unspecified atom stereocenters. The van der Waals surface area contributed by atoms with Crippen LogP contribution in [0.5, 0.6) is 0 Å². The molecule has 6 nitrogen and oxygen atoms in total. The summed E-state index contributed by atoms with van der Waals surface area (Å²) >= 11 is 3.63. The van der Waals surface area contributed by atoms with Gasteiger partial charge in [-0.05, 0) is 65.7 Å². The maximum Gasteiger partial charge on any atom is 0.171 e. The Balaban J connectivity index is 1.41. The quantitative estimate of drug-likeness (QED) is 0.578. The molecule has 0 aromatic carbocycles. The molecule has 30 heavy (non-hydrogen) atoms. The highest BCUT2D eigenvalue weighted by Crippen LogP contribution is 2.35. The van der Waals surface area contributed by atoms with Gasteiger partial charge in [-0.25, -0.2) is 4.98 Å². The van der Waals surface area contributed by atoms with Crippen molar-refractivity contribution >= 4 is 27.4 Å². The van der Waals surface area contributed by atoms with E-state index in [1.165, 1.54) is 44.3 Å². The fraction of sp³-hybridized carbons (Fsp3) is 0.522. The average molecular weight is 469 g/mol. The van der Waals surface area contributed by atoms with Crippen LogP contribution >= 0.6 is 15.9 Å². The van der Waals surface area contributed by atoms with E-state index in [9.17, 15) is 0 Å². The van der Waals surface area contributed by atoms with Gasteiger partial charge in [0.05, 0.1) is 16.4 Å². The van der Waals surface area contributed by atoms with Gasteiger partial charge in [0, 0.05) is 43.5 Å². The zero-order valence-electron chi connectivity index (χ0n) is 17.5. The zero-order chi connectivity index (χ0) is 20.5. The summed E-state index contributed by atoms with van der Waals surface area (Å²) < 4.78 is 2.83. The Hall–Kier alpha value is -1.99. The Kier molecular flexibility index (Phi) is 5.74. The molecule has 158 valence electrons. The summed E-state index contributed by atoms with van der Waals surface area (Å²) in [6, 6.07) is 7.01. The second-order valence-corrected chi connectivity index (χ2v) is 9.67. The smallest absolute Gasteiger partial charge is 0.171 e. The predicted molar refractivity (Wildman–Crippen MR) is 123 cm³/mol. The number of nitrogens with one attached hydrogen (secondary N) is 1. The van der Waals surface area contributed by atoms with Crippen LogP contribution < -0.4 is 5.32 Å². The number of rotatable bonds is 5. The summed E-state index contributed by atoms with van der Waals surface area (Å²) in [4.78, 5) is 12.0. The summed E-state index contributed by atoms with van der Waals surface area (Å²) in [5, 5.41) is 8.08. The molecule has 5 rings (SSSR count). The van der Waals surface area contributed by atoms with Gasteiger partial charge in [-0.3, -0.25) is 9.88 Å². The Labute approximate surface area is 186 Å². The molecule has 1 N–H and O–H groups in total. The van der Waals surface area contributed by atoms with Crippen LogP contribution in [0.15, 0.2) is 41.3 Å². The van der Waals surface area contributed by atoms with Crippen molar-refractivity contribution in [2.75, 3.05) is 18.4 Å². The van der Waals surface area contributed by atoms with Crippen LogP contribution in [0.1, 0.15) is 56.2 Å². The second-order valence-electron chi connectivity index (χ2n) is 8.82. The molecule has 1 saturated carbocycles. The monoisotopic (exact) mass is 468 g/mol. The van der Waals surface area contributed by atoms with Crippen LogP contribution in [0, 0.1) is 5.92 Å². The van der Waals surface area contributed by atoms with Crippen LogP contribution in [0.25, 0.3) is 5.65 Å². The Morgan fingerprint density at radius 1 is 1.20 bits per heavy atom. The summed E-state index contributed by atoms with van der Waals surface area (Å²) in [5.74, 6) is 2.27. The first-order valence-electron chi connectivity index (χ1n) is 11.1. The molecule has 0 amide bonds. The van der Waals surface area contributed by atoms with E-state index in [0.717, 1.165) is 40.0 Å². The van der Waals surface area contributed by atoms with E-state index in [1.54, 1.807) is 6.20 Å². The average Bonchev–Trinajstić information content (AvgIpc) is 3.38. The molecular weight excluding hydrogens is 440 g/mol. The minimum absolute atomic E-state index is 0.470. The van der Waals surface area contributed by atoms with Gasteiger partial charge < -0.3 is 5.32 Å². The third-order valence-electron chi connectivity index (χ3n) is 6.80. The molecule has 2 aliphatic rings. The van der Waals surface area contributed by atoms with Crippen LogP contribution in [-0.4, -0.2) is 43.6 Å². The third kappa shape index (κ3) is 3.97. The van der Waals surface area contributed by atoms with Crippen molar-refractivity contribution in [2.45, 2.75) is 57.5 Å². The molecule has 1 aliphatic carbocycles. The van der Waals surface area contributed by atoms with Gasteiger partial charge in [-0.1, -0.05) is 19.4 Å². The second kappa shape index (κ2) is 8.63. The molecule has 1 aliphatic heterocycles. The molecule has 4 heterocycles. The fourth-order valence-electron chi connectivity index (χ4n) is 5.20. The highest BCUT2D eigenvalue weighted by atomic mass is 79.9. The normalized spacial score (nSPS) is 25.1. The number of aromatic nitrogens is 4. The highest BCUT2D eigenvalue weighted by molar-refractivity contribution is 9.10. The number of hydrogen-bond acceptors (Lipinski definition) is 5. The molecular formula is C23H29BrN6. The third-order valence-corrected chi connectivity index (χ3v) is 7.36. The lowest BCUT2D eigenvalue weighted by Gasteiger charge is -2.38. The number of fused-ring (bicyclic) bond motifs is 1. The van der Waals surface area contributed by atoms with E-state index < -0.39 is 0 Å². The van der Waals surface area contributed by atoms with E-state index in [1.807, 2.05) is 23.0 Å². The summed E-state index contributed by atoms with van der Waals surface area (Å²) in [6.07, 6.45) is 12.1. The summed E-state index contributed by atoms with van der Waals surface area (Å²) in [6.45, 7) is 5.48. The van der Waals surface area contributed by atoms with Crippen molar-refractivity contribution in [3.63, 3.8) is 0 Å². The van der Waals surface area contributed by atoms with Crippen LogP contribution in [0.3, 0.4) is 0 Å². The molecule has 3 aromatic heterocycles. The Morgan fingerprint density at radius 3 is 2.93 bits per heavy atom. The van der Waals surface area contributed by atoms with Crippen molar-refractivity contribution in [1.29, 1.82) is 0 Å². The highest BCUT2D eigenvalue weighted by Gasteiger charge is 2.33. The lowest BCUT2D eigenvalue weighted by molar-refractivity contribution is 0.124. The van der Waals surface area contributed by atoms with Crippen LogP contribution in [0.2, 0.25) is 0 Å². The van der Waals surface area contributed by atoms with E-state index in [0.29, 0.717) is 12.5 Å². The summed E-state index contributed by atoms with van der Waals surface area (Å²) in [5.41, 5.74) is 3.20. The lowest BCUT2D eigenvalue weighted by atomic mass is 9.91. The topological polar surface area (TPSA) is 58.4 Å². The largest absolute Gasteiger partial charge is 0.366 e. The number of halogens is 1. The number of hydrogen-bond donors (Lipinski definition) is 1. The van der Waals surface area contributed by atoms with E-state index in [2.05, 4.69) is 55.3 Å². The molecule has 2 fully saturated rings. The van der Waals surface area contributed by atoms with Gasteiger partial charge in [0.2, 0.25) is 0 Å². The standard InChI is InChI=1S/C23H29BrN6/c1-16-5-2-8-21(16)29-10-4-7-18(15-29)20-11-22(26-13-17-6-3-9-25-12-17)30-23(28-20)19(24)14-27-30/h3,6,9,11-12,14,16,18,21,26H,2,4-5,7-8,10,13,15H2,1H3. The molecule has 0 radical (unpaired) electrons. The predicted octanol–water partition coefficient (Wildman–Crippen LogP) is 4.87. The van der Waals surface area contributed by atoms with Gasteiger partial charge in [0.1, 0.15) is 5.82 Å². The molecule has 1 saturated heterocycles. The van der Waals surface area contributed by atoms with Crippen molar-refractivity contribution < 1.29 is 0 Å². The summed E-state index contributed by atoms with van der Waals surface area (Å²) in [7, 11) is 0. The fourth-order valence-corrected chi connectivity index (χ4v) is 5.55. The minimum Gasteiger partial charge on any atom is -0.366 e. The van der Waals surface area contributed by atoms with Gasteiger partial charge >= 0.3 is 0 Å².